The van der Waals surface area contributed by atoms with Crippen molar-refractivity contribution in [2.75, 3.05) is 0 Å². The van der Waals surface area contributed by atoms with E-state index in [1.165, 1.54) is 0 Å². The molecular weight excluding hydrogens is 346 g/mol. The molecule has 0 aliphatic rings. The van der Waals surface area contributed by atoms with Gasteiger partial charge in [0.1, 0.15) is 5.84 Å². The lowest BCUT2D eigenvalue weighted by molar-refractivity contribution is 0.288. The van der Waals surface area contributed by atoms with E-state index >= 15 is 0 Å². The van der Waals surface area contributed by atoms with Crippen molar-refractivity contribution in [1.29, 1.82) is 0 Å². The summed E-state index contributed by atoms with van der Waals surface area (Å²) in [6.45, 7) is 10.1. The van der Waals surface area contributed by atoms with E-state index in [9.17, 15) is 8.42 Å². The van der Waals surface area contributed by atoms with Crippen molar-refractivity contribution in [2.24, 2.45) is 4.40 Å². The Morgan fingerprint density at radius 2 is 1.69 bits per heavy atom. The van der Waals surface area contributed by atoms with Crippen LogP contribution in [0.3, 0.4) is 0 Å². The normalized spacial score (nSPS) is 12.7. The number of rotatable bonds is 6. The van der Waals surface area contributed by atoms with Crippen LogP contribution in [0.15, 0.2) is 58.1 Å². The van der Waals surface area contributed by atoms with Crippen LogP contribution < -0.4 is 0 Å². The first-order valence-electron chi connectivity index (χ1n) is 8.78. The van der Waals surface area contributed by atoms with E-state index in [0.29, 0.717) is 12.3 Å². The Morgan fingerprint density at radius 3 is 2.19 bits per heavy atom. The maximum Gasteiger partial charge on any atom is 0.283 e. The van der Waals surface area contributed by atoms with Gasteiger partial charge < -0.3 is 4.90 Å². The molecule has 0 atom stereocenters. The molecule has 5 nitrogen and oxygen atoms in total. The first-order valence-corrected chi connectivity index (χ1v) is 10.2. The average molecular weight is 374 g/mol. The highest BCUT2D eigenvalue weighted by Crippen LogP contribution is 2.17. The van der Waals surface area contributed by atoms with E-state index in [-0.39, 0.29) is 17.0 Å². The average Bonchev–Trinajstić information content (AvgIpc) is 2.55. The predicted octanol–water partition coefficient (Wildman–Crippen LogP) is 3.84. The van der Waals surface area contributed by atoms with Crippen molar-refractivity contribution in [2.45, 2.75) is 58.0 Å². The highest BCUT2D eigenvalue weighted by Gasteiger charge is 2.23. The van der Waals surface area contributed by atoms with Crippen LogP contribution in [0, 0.1) is 6.92 Å². The summed E-state index contributed by atoms with van der Waals surface area (Å²) in [6, 6.07) is 10.8. The first kappa shape index (κ1) is 20.1. The molecule has 0 radical (unpaired) electrons. The van der Waals surface area contributed by atoms with Crippen LogP contribution >= 0.6 is 0 Å². The van der Waals surface area contributed by atoms with E-state index in [4.69, 9.17) is 0 Å². The summed E-state index contributed by atoms with van der Waals surface area (Å²) >= 11 is 0. The molecule has 2 rings (SSSR count). The summed E-state index contributed by atoms with van der Waals surface area (Å²) in [5.41, 5.74) is 1.94. The van der Waals surface area contributed by atoms with E-state index in [0.717, 1.165) is 11.1 Å². The number of pyridine rings is 1. The molecule has 0 aliphatic carbocycles. The maximum absolute atomic E-state index is 12.9. The minimum Gasteiger partial charge on any atom is -0.354 e. The van der Waals surface area contributed by atoms with E-state index in [2.05, 4.69) is 9.38 Å². The van der Waals surface area contributed by atoms with Crippen molar-refractivity contribution < 1.29 is 8.42 Å². The summed E-state index contributed by atoms with van der Waals surface area (Å²) in [5.74, 6) is 0.531. The van der Waals surface area contributed by atoms with Crippen LogP contribution in [0.2, 0.25) is 0 Å². The molecule has 0 spiro atoms. The number of hydrogen-bond acceptors (Lipinski definition) is 3. The van der Waals surface area contributed by atoms with Gasteiger partial charge >= 0.3 is 0 Å². The Balaban J connectivity index is 2.50. The molecule has 1 aromatic heterocycles. The third-order valence-electron chi connectivity index (χ3n) is 4.04. The van der Waals surface area contributed by atoms with Gasteiger partial charge in [0, 0.05) is 30.9 Å². The summed E-state index contributed by atoms with van der Waals surface area (Å²) in [7, 11) is -3.78. The second-order valence-corrected chi connectivity index (χ2v) is 8.53. The lowest BCUT2D eigenvalue weighted by Gasteiger charge is -2.33. The minimum absolute atomic E-state index is 0.124. The second-order valence-electron chi connectivity index (χ2n) is 6.93. The Hall–Kier alpha value is -2.21. The van der Waals surface area contributed by atoms with Crippen LogP contribution in [0.4, 0.5) is 0 Å². The molecule has 140 valence electrons. The van der Waals surface area contributed by atoms with Crippen LogP contribution in [-0.2, 0) is 16.4 Å². The standard InChI is InChI=1S/C20H27N3O2S/c1-15(2)23(16(3)4)20(13-18-7-6-12-21-14-18)22-26(24,25)19-10-8-17(5)9-11-19/h6-12,14-16H,13H2,1-5H3/b22-20+. The zero-order chi connectivity index (χ0) is 19.3. The number of aromatic nitrogens is 1. The second kappa shape index (κ2) is 8.45. The smallest absolute Gasteiger partial charge is 0.283 e. The van der Waals surface area contributed by atoms with Crippen LogP contribution in [0.5, 0.6) is 0 Å². The Kier molecular flexibility index (Phi) is 6.53. The van der Waals surface area contributed by atoms with E-state index in [1.54, 1.807) is 36.7 Å². The van der Waals surface area contributed by atoms with Crippen molar-refractivity contribution in [3.8, 4) is 0 Å². The lowest BCUT2D eigenvalue weighted by Crippen LogP contribution is -2.43. The fourth-order valence-corrected chi connectivity index (χ4v) is 3.97. The molecule has 0 unspecified atom stereocenters. The molecule has 0 saturated heterocycles. The highest BCUT2D eigenvalue weighted by atomic mass is 32.2. The fourth-order valence-electron chi connectivity index (χ4n) is 2.95. The molecule has 1 heterocycles. The number of nitrogens with zero attached hydrogens (tertiary/aromatic N) is 3. The van der Waals surface area contributed by atoms with Gasteiger partial charge in [-0.1, -0.05) is 23.8 Å². The monoisotopic (exact) mass is 373 g/mol. The van der Waals surface area contributed by atoms with Crippen LogP contribution in [-0.4, -0.2) is 36.2 Å². The highest BCUT2D eigenvalue weighted by molar-refractivity contribution is 7.90. The molecule has 0 N–H and O–H groups in total. The van der Waals surface area contributed by atoms with Crippen molar-refractivity contribution >= 4 is 15.9 Å². The number of benzene rings is 1. The van der Waals surface area contributed by atoms with Gasteiger partial charge in [-0.25, -0.2) is 0 Å². The van der Waals surface area contributed by atoms with E-state index in [1.807, 2.05) is 51.7 Å². The number of amidine groups is 1. The van der Waals surface area contributed by atoms with Gasteiger partial charge in [-0.15, -0.1) is 4.40 Å². The third kappa shape index (κ3) is 5.14. The first-order chi connectivity index (χ1) is 12.2. The zero-order valence-corrected chi connectivity index (χ0v) is 16.9. The van der Waals surface area contributed by atoms with Gasteiger partial charge in [-0.05, 0) is 58.4 Å². The summed E-state index contributed by atoms with van der Waals surface area (Å²) in [4.78, 5) is 6.38. The number of aryl methyl sites for hydroxylation is 1. The van der Waals surface area contributed by atoms with Crippen LogP contribution in [0.25, 0.3) is 0 Å². The van der Waals surface area contributed by atoms with Crippen LogP contribution in [0.1, 0.15) is 38.8 Å². The molecule has 0 bridgehead atoms. The van der Waals surface area contributed by atoms with Gasteiger partial charge in [0.2, 0.25) is 0 Å². The van der Waals surface area contributed by atoms with Gasteiger partial charge in [0.15, 0.2) is 0 Å². The van der Waals surface area contributed by atoms with Gasteiger partial charge in [0.25, 0.3) is 10.0 Å². The SMILES string of the molecule is Cc1ccc(S(=O)(=O)/N=C(\Cc2cccnc2)N(C(C)C)C(C)C)cc1. The molecule has 26 heavy (non-hydrogen) atoms. The Labute approximate surface area is 156 Å². The van der Waals surface area contributed by atoms with Gasteiger partial charge in [0.05, 0.1) is 4.90 Å². The van der Waals surface area contributed by atoms with E-state index < -0.39 is 10.0 Å². The summed E-state index contributed by atoms with van der Waals surface area (Å²) < 4.78 is 30.0. The third-order valence-corrected chi connectivity index (χ3v) is 5.36. The lowest BCUT2D eigenvalue weighted by atomic mass is 10.1. The minimum atomic E-state index is -3.78. The molecular formula is C20H27N3O2S. The van der Waals surface area contributed by atoms with Gasteiger partial charge in [-0.2, -0.15) is 8.42 Å². The van der Waals surface area contributed by atoms with Crippen molar-refractivity contribution in [3.05, 3.63) is 59.9 Å². The zero-order valence-electron chi connectivity index (χ0n) is 16.0. The molecule has 0 fully saturated rings. The van der Waals surface area contributed by atoms with Gasteiger partial charge in [-0.3, -0.25) is 4.98 Å². The number of sulfonamides is 1. The Bertz CT molecular complexity index is 834. The molecule has 0 aliphatic heterocycles. The quantitative estimate of drug-likeness (QED) is 0.570. The molecule has 6 heteroatoms. The fraction of sp³-hybridized carbons (Fsp3) is 0.400. The molecule has 0 amide bonds. The topological polar surface area (TPSA) is 62.6 Å². The molecule has 0 saturated carbocycles. The molecule has 1 aromatic carbocycles. The Morgan fingerprint density at radius 1 is 1.08 bits per heavy atom. The molecule has 2 aromatic rings. The maximum atomic E-state index is 12.9. The largest absolute Gasteiger partial charge is 0.354 e. The summed E-state index contributed by atoms with van der Waals surface area (Å²) in [5, 5.41) is 0. The van der Waals surface area contributed by atoms with Crippen molar-refractivity contribution in [1.82, 2.24) is 9.88 Å². The number of hydrogen-bond donors (Lipinski definition) is 0. The van der Waals surface area contributed by atoms with Crippen molar-refractivity contribution in [3.63, 3.8) is 0 Å². The predicted molar refractivity (Wildman–Crippen MR) is 106 cm³/mol. The summed E-state index contributed by atoms with van der Waals surface area (Å²) in [6.07, 6.45) is 3.86.